The minimum Gasteiger partial charge on any atom is -1.00 e. The van der Waals surface area contributed by atoms with E-state index in [0.29, 0.717) is 6.42 Å². The SMILES string of the molecule is CCCCCCCCCCCCCCCCCCCC(=O)O.[H-].[Li+]. The number of aliphatic carboxylic acids is 1. The Kier molecular flexibility index (Phi) is 24.3. The largest absolute Gasteiger partial charge is 1.00 e. The van der Waals surface area contributed by atoms with Gasteiger partial charge in [-0.2, -0.15) is 0 Å². The molecule has 0 aliphatic heterocycles. The molecule has 0 heterocycles. The number of hydrogen-bond acceptors (Lipinski definition) is 1. The third-order valence-electron chi connectivity index (χ3n) is 4.49. The van der Waals surface area contributed by atoms with Crippen molar-refractivity contribution in [1.82, 2.24) is 0 Å². The van der Waals surface area contributed by atoms with E-state index in [1.165, 1.54) is 96.3 Å². The van der Waals surface area contributed by atoms with Crippen LogP contribution in [0.4, 0.5) is 0 Å². The molecule has 0 aromatic rings. The molecule has 0 aromatic carbocycles. The second kappa shape index (κ2) is 22.1. The normalized spacial score (nSPS) is 10.5. The molecule has 0 unspecified atom stereocenters. The first kappa shape index (κ1) is 25.3. The van der Waals surface area contributed by atoms with E-state index in [0.717, 1.165) is 12.8 Å². The minimum absolute atomic E-state index is 0. The second-order valence-electron chi connectivity index (χ2n) is 6.80. The number of carboxylic acids is 1. The fourth-order valence-electron chi connectivity index (χ4n) is 3.00. The Hall–Kier alpha value is 0.0674. The van der Waals surface area contributed by atoms with Crippen LogP contribution in [0.1, 0.15) is 124 Å². The fraction of sp³-hybridized carbons (Fsp3) is 0.950. The topological polar surface area (TPSA) is 37.3 Å². The van der Waals surface area contributed by atoms with Crippen molar-refractivity contribution in [3.63, 3.8) is 0 Å². The van der Waals surface area contributed by atoms with Crippen LogP contribution in [0.2, 0.25) is 0 Å². The zero-order valence-electron chi connectivity index (χ0n) is 17.1. The summed E-state index contributed by atoms with van der Waals surface area (Å²) in [7, 11) is 0. The van der Waals surface area contributed by atoms with Gasteiger partial charge in [0.25, 0.3) is 0 Å². The van der Waals surface area contributed by atoms with Gasteiger partial charge >= 0.3 is 24.8 Å². The van der Waals surface area contributed by atoms with Crippen molar-refractivity contribution in [2.45, 2.75) is 122 Å². The Balaban J connectivity index is -0.00000220. The quantitative estimate of drug-likeness (QED) is 0.303. The molecule has 134 valence electrons. The molecule has 23 heavy (non-hydrogen) atoms. The Bertz CT molecular complexity index is 238. The second-order valence-corrected chi connectivity index (χ2v) is 6.80. The van der Waals surface area contributed by atoms with E-state index in [2.05, 4.69) is 6.92 Å². The van der Waals surface area contributed by atoms with Gasteiger partial charge in [0.15, 0.2) is 0 Å². The van der Waals surface area contributed by atoms with Crippen LogP contribution in [0.5, 0.6) is 0 Å². The molecule has 0 aliphatic carbocycles. The molecule has 0 aromatic heterocycles. The average molecular weight is 320 g/mol. The number of carbonyl (C=O) groups is 1. The van der Waals surface area contributed by atoms with Gasteiger partial charge in [0.1, 0.15) is 0 Å². The molecule has 0 radical (unpaired) electrons. The van der Waals surface area contributed by atoms with Crippen LogP contribution in [0.15, 0.2) is 0 Å². The Morgan fingerprint density at radius 2 is 0.870 bits per heavy atom. The Labute approximate surface area is 158 Å². The van der Waals surface area contributed by atoms with E-state index in [-0.39, 0.29) is 20.3 Å². The van der Waals surface area contributed by atoms with E-state index < -0.39 is 5.97 Å². The van der Waals surface area contributed by atoms with Gasteiger partial charge in [-0.1, -0.05) is 110 Å². The van der Waals surface area contributed by atoms with Gasteiger partial charge in [0.05, 0.1) is 0 Å². The molecule has 0 atom stereocenters. The van der Waals surface area contributed by atoms with Crippen molar-refractivity contribution < 1.29 is 30.2 Å². The summed E-state index contributed by atoms with van der Waals surface area (Å²) in [6.07, 6.45) is 23.1. The van der Waals surface area contributed by atoms with Crippen LogP contribution in [0.25, 0.3) is 0 Å². The molecule has 1 N–H and O–H groups in total. The van der Waals surface area contributed by atoms with Crippen molar-refractivity contribution in [2.24, 2.45) is 0 Å². The van der Waals surface area contributed by atoms with Crippen molar-refractivity contribution in [2.75, 3.05) is 0 Å². The Morgan fingerprint density at radius 3 is 1.13 bits per heavy atom. The van der Waals surface area contributed by atoms with Gasteiger partial charge in [0, 0.05) is 6.42 Å². The minimum atomic E-state index is -0.652. The molecule has 3 heteroatoms. The zero-order chi connectivity index (χ0) is 16.3. The summed E-state index contributed by atoms with van der Waals surface area (Å²) in [6, 6.07) is 0. The van der Waals surface area contributed by atoms with E-state index in [4.69, 9.17) is 5.11 Å². The maximum absolute atomic E-state index is 10.4. The van der Waals surface area contributed by atoms with Crippen LogP contribution in [-0.2, 0) is 4.79 Å². The average Bonchev–Trinajstić information content (AvgIpc) is 2.50. The van der Waals surface area contributed by atoms with Gasteiger partial charge in [-0.05, 0) is 6.42 Å². The number of carboxylic acid groups (broad SMARTS) is 1. The number of rotatable bonds is 18. The van der Waals surface area contributed by atoms with Crippen LogP contribution in [-0.4, -0.2) is 11.1 Å². The van der Waals surface area contributed by atoms with E-state index in [9.17, 15) is 4.79 Å². The first-order valence-corrected chi connectivity index (χ1v) is 9.99. The predicted molar refractivity (Wildman–Crippen MR) is 97.5 cm³/mol. The first-order chi connectivity index (χ1) is 10.8. The van der Waals surface area contributed by atoms with Crippen molar-refractivity contribution in [3.05, 3.63) is 0 Å². The fourth-order valence-corrected chi connectivity index (χ4v) is 3.00. The van der Waals surface area contributed by atoms with Gasteiger partial charge in [-0.15, -0.1) is 0 Å². The summed E-state index contributed by atoms with van der Waals surface area (Å²) in [5.41, 5.74) is 0. The predicted octanol–water partition coefficient (Wildman–Crippen LogP) is 4.23. The summed E-state index contributed by atoms with van der Waals surface area (Å²) >= 11 is 0. The molecule has 0 saturated heterocycles. The van der Waals surface area contributed by atoms with Crippen molar-refractivity contribution in [1.29, 1.82) is 0 Å². The van der Waals surface area contributed by atoms with E-state index in [1.54, 1.807) is 0 Å². The van der Waals surface area contributed by atoms with Gasteiger partial charge < -0.3 is 6.53 Å². The summed E-state index contributed by atoms with van der Waals surface area (Å²) in [5, 5.41) is 8.54. The van der Waals surface area contributed by atoms with E-state index >= 15 is 0 Å². The molecule has 2 nitrogen and oxygen atoms in total. The Morgan fingerprint density at radius 1 is 0.609 bits per heavy atom. The van der Waals surface area contributed by atoms with Gasteiger partial charge in [0.2, 0.25) is 0 Å². The molecule has 0 bridgehead atoms. The smallest absolute Gasteiger partial charge is 1.00 e. The molecular formula is C20H41LiO2. The number of hydrogen-bond donors (Lipinski definition) is 1. The molecule has 0 fully saturated rings. The first-order valence-electron chi connectivity index (χ1n) is 9.99. The zero-order valence-corrected chi connectivity index (χ0v) is 16.1. The summed E-state index contributed by atoms with van der Waals surface area (Å²) in [5.74, 6) is -0.652. The van der Waals surface area contributed by atoms with E-state index in [1.807, 2.05) is 0 Å². The standard InChI is InChI=1S/C20H40O2.Li.H/c1-2-3-4-5-6-7-8-9-10-11-12-13-14-15-16-17-18-19-20(21)22;;/h2-19H2,1H3,(H,21,22);;/q;+1;-1. The summed E-state index contributed by atoms with van der Waals surface area (Å²) < 4.78 is 0. The van der Waals surface area contributed by atoms with Crippen LogP contribution < -0.4 is 18.9 Å². The van der Waals surface area contributed by atoms with Gasteiger partial charge in [-0.25, -0.2) is 0 Å². The molecular weight excluding hydrogens is 279 g/mol. The van der Waals surface area contributed by atoms with Crippen LogP contribution in [0, 0.1) is 0 Å². The molecule has 0 aliphatic rings. The molecule has 0 saturated carbocycles. The van der Waals surface area contributed by atoms with Crippen LogP contribution >= 0.6 is 0 Å². The summed E-state index contributed by atoms with van der Waals surface area (Å²) in [6.45, 7) is 2.28. The maximum atomic E-state index is 10.4. The molecule has 0 rings (SSSR count). The monoisotopic (exact) mass is 320 g/mol. The maximum Gasteiger partial charge on any atom is 1.00 e. The third-order valence-corrected chi connectivity index (χ3v) is 4.49. The van der Waals surface area contributed by atoms with Crippen molar-refractivity contribution in [3.8, 4) is 0 Å². The van der Waals surface area contributed by atoms with Gasteiger partial charge in [-0.3, -0.25) is 4.79 Å². The summed E-state index contributed by atoms with van der Waals surface area (Å²) in [4.78, 5) is 10.4. The van der Waals surface area contributed by atoms with Crippen LogP contribution in [0.3, 0.4) is 0 Å². The molecule has 0 spiro atoms. The van der Waals surface area contributed by atoms with Crippen molar-refractivity contribution >= 4 is 5.97 Å². The third kappa shape index (κ3) is 24.4. The molecule has 0 amide bonds. The number of unbranched alkanes of at least 4 members (excludes halogenated alkanes) is 16.